The van der Waals surface area contributed by atoms with E-state index < -0.39 is 5.97 Å². The van der Waals surface area contributed by atoms with Gasteiger partial charge in [0.1, 0.15) is 0 Å². The van der Waals surface area contributed by atoms with Gasteiger partial charge in [-0.3, -0.25) is 0 Å². The van der Waals surface area contributed by atoms with E-state index >= 15 is 0 Å². The van der Waals surface area contributed by atoms with Crippen molar-refractivity contribution in [1.29, 1.82) is 0 Å². The minimum Gasteiger partial charge on any atom is -0.478 e. The molecule has 20 heavy (non-hydrogen) atoms. The molecule has 0 aliphatic carbocycles. The summed E-state index contributed by atoms with van der Waals surface area (Å²) in [4.78, 5) is 11.4. The first-order valence-electron chi connectivity index (χ1n) is 7.02. The van der Waals surface area contributed by atoms with Gasteiger partial charge in [-0.25, -0.2) is 4.79 Å². The molecule has 0 spiro atoms. The fourth-order valence-corrected chi connectivity index (χ4v) is 2.66. The first-order chi connectivity index (χ1) is 9.12. The predicted octanol–water partition coefficient (Wildman–Crippen LogP) is 4.53. The van der Waals surface area contributed by atoms with Gasteiger partial charge < -0.3 is 9.67 Å². The Balaban J connectivity index is 2.94. The lowest BCUT2D eigenvalue weighted by molar-refractivity contribution is 0.0697. The van der Waals surface area contributed by atoms with Crippen LogP contribution in [0.15, 0.2) is 18.3 Å². The minimum atomic E-state index is -0.867. The fourth-order valence-electron chi connectivity index (χ4n) is 2.66. The zero-order valence-corrected chi connectivity index (χ0v) is 13.1. The van der Waals surface area contributed by atoms with E-state index in [-0.39, 0.29) is 5.41 Å². The molecule has 1 heterocycles. The van der Waals surface area contributed by atoms with Crippen molar-refractivity contribution in [3.05, 3.63) is 35.0 Å². The van der Waals surface area contributed by atoms with Gasteiger partial charge in [-0.15, -0.1) is 0 Å². The van der Waals surface area contributed by atoms with Gasteiger partial charge in [0.25, 0.3) is 0 Å². The Morgan fingerprint density at radius 1 is 1.25 bits per heavy atom. The van der Waals surface area contributed by atoms with Crippen LogP contribution < -0.4 is 0 Å². The van der Waals surface area contributed by atoms with Gasteiger partial charge in [-0.2, -0.15) is 0 Å². The van der Waals surface area contributed by atoms with Gasteiger partial charge in [0.15, 0.2) is 0 Å². The molecule has 1 aromatic heterocycles. The monoisotopic (exact) mass is 273 g/mol. The summed E-state index contributed by atoms with van der Waals surface area (Å²) in [6, 6.07) is 3.97. The maximum atomic E-state index is 11.4. The number of aromatic nitrogens is 1. The number of carboxylic acids is 1. The number of carboxylic acid groups (broad SMARTS) is 1. The summed E-state index contributed by atoms with van der Waals surface area (Å²) in [5.74, 6) is -0.867. The SMILES string of the molecule is Cc1cn(C(C)C)c2c(C(C)(C)C)cc(C(=O)O)cc12. The van der Waals surface area contributed by atoms with Crippen LogP contribution in [-0.4, -0.2) is 15.6 Å². The molecule has 1 N–H and O–H groups in total. The first-order valence-corrected chi connectivity index (χ1v) is 7.02. The van der Waals surface area contributed by atoms with Crippen molar-refractivity contribution < 1.29 is 9.90 Å². The first kappa shape index (κ1) is 14.6. The molecule has 0 aliphatic rings. The molecule has 108 valence electrons. The van der Waals surface area contributed by atoms with Crippen molar-refractivity contribution in [1.82, 2.24) is 4.57 Å². The summed E-state index contributed by atoms with van der Waals surface area (Å²) in [6.45, 7) is 12.7. The summed E-state index contributed by atoms with van der Waals surface area (Å²) in [5, 5.41) is 10.4. The number of aromatic carboxylic acids is 1. The Hall–Kier alpha value is -1.77. The van der Waals surface area contributed by atoms with Gasteiger partial charge in [0.2, 0.25) is 0 Å². The van der Waals surface area contributed by atoms with Gasteiger partial charge in [-0.05, 0) is 49.4 Å². The smallest absolute Gasteiger partial charge is 0.335 e. The normalized spacial score (nSPS) is 12.3. The van der Waals surface area contributed by atoms with Crippen molar-refractivity contribution in [3.63, 3.8) is 0 Å². The summed E-state index contributed by atoms with van der Waals surface area (Å²) in [5.41, 5.74) is 3.65. The van der Waals surface area contributed by atoms with E-state index in [0.29, 0.717) is 11.6 Å². The van der Waals surface area contributed by atoms with Crippen molar-refractivity contribution in [3.8, 4) is 0 Å². The van der Waals surface area contributed by atoms with Gasteiger partial charge in [0.05, 0.1) is 11.1 Å². The van der Waals surface area contributed by atoms with Crippen LogP contribution in [0.5, 0.6) is 0 Å². The quantitative estimate of drug-likeness (QED) is 0.873. The second-order valence-corrected chi connectivity index (χ2v) is 6.79. The third kappa shape index (κ3) is 2.33. The molecular formula is C17H23NO2. The second-order valence-electron chi connectivity index (χ2n) is 6.79. The molecule has 2 aromatic rings. The van der Waals surface area contributed by atoms with E-state index in [2.05, 4.69) is 45.4 Å². The molecule has 0 fully saturated rings. The van der Waals surface area contributed by atoms with E-state index in [1.165, 1.54) is 0 Å². The molecule has 0 bridgehead atoms. The topological polar surface area (TPSA) is 42.2 Å². The Kier molecular flexibility index (Phi) is 3.41. The van der Waals surface area contributed by atoms with E-state index in [4.69, 9.17) is 0 Å². The number of carbonyl (C=O) groups is 1. The van der Waals surface area contributed by atoms with Crippen molar-refractivity contribution in [2.24, 2.45) is 0 Å². The third-order valence-electron chi connectivity index (χ3n) is 3.74. The van der Waals surface area contributed by atoms with Crippen LogP contribution in [0.3, 0.4) is 0 Å². The van der Waals surface area contributed by atoms with Crippen LogP contribution in [0, 0.1) is 6.92 Å². The van der Waals surface area contributed by atoms with Gasteiger partial charge >= 0.3 is 5.97 Å². The van der Waals surface area contributed by atoms with Crippen LogP contribution in [0.4, 0.5) is 0 Å². The molecule has 3 nitrogen and oxygen atoms in total. The maximum absolute atomic E-state index is 11.4. The zero-order chi connectivity index (χ0) is 15.2. The Labute approximate surface area is 120 Å². The van der Waals surface area contributed by atoms with Crippen molar-refractivity contribution in [2.45, 2.75) is 53.0 Å². The van der Waals surface area contributed by atoms with Gasteiger partial charge in [-0.1, -0.05) is 20.8 Å². The van der Waals surface area contributed by atoms with Crippen LogP contribution in [0.25, 0.3) is 10.9 Å². The number of nitrogens with zero attached hydrogens (tertiary/aromatic N) is 1. The highest BCUT2D eigenvalue weighted by Crippen LogP contribution is 2.35. The van der Waals surface area contributed by atoms with Crippen LogP contribution in [-0.2, 0) is 5.41 Å². The molecule has 1 aromatic carbocycles. The average molecular weight is 273 g/mol. The summed E-state index contributed by atoms with van der Waals surface area (Å²) >= 11 is 0. The van der Waals surface area contributed by atoms with Crippen molar-refractivity contribution >= 4 is 16.9 Å². The lowest BCUT2D eigenvalue weighted by Gasteiger charge is -2.23. The zero-order valence-electron chi connectivity index (χ0n) is 13.1. The standard InChI is InChI=1S/C17H23NO2/c1-10(2)18-9-11(3)13-7-12(16(19)20)8-14(15(13)18)17(4,5)6/h7-10H,1-6H3,(H,19,20). The Morgan fingerprint density at radius 3 is 2.30 bits per heavy atom. The molecule has 2 rings (SSSR count). The lowest BCUT2D eigenvalue weighted by atomic mass is 9.84. The number of rotatable bonds is 2. The molecule has 3 heteroatoms. The molecule has 0 atom stereocenters. The molecule has 0 amide bonds. The third-order valence-corrected chi connectivity index (χ3v) is 3.74. The van der Waals surface area contributed by atoms with E-state index in [0.717, 1.165) is 22.0 Å². The van der Waals surface area contributed by atoms with E-state index in [1.807, 2.05) is 13.0 Å². The second kappa shape index (κ2) is 4.65. The average Bonchev–Trinajstić information content (AvgIpc) is 2.64. The molecule has 0 saturated carbocycles. The summed E-state index contributed by atoms with van der Waals surface area (Å²) in [6.07, 6.45) is 2.12. The number of fused-ring (bicyclic) bond motifs is 1. The summed E-state index contributed by atoms with van der Waals surface area (Å²) < 4.78 is 2.25. The van der Waals surface area contributed by atoms with Crippen LogP contribution >= 0.6 is 0 Å². The molecule has 0 radical (unpaired) electrons. The molecule has 0 aliphatic heterocycles. The largest absolute Gasteiger partial charge is 0.478 e. The molecular weight excluding hydrogens is 250 g/mol. The van der Waals surface area contributed by atoms with Crippen molar-refractivity contribution in [2.75, 3.05) is 0 Å². The van der Waals surface area contributed by atoms with E-state index in [1.54, 1.807) is 6.07 Å². The summed E-state index contributed by atoms with van der Waals surface area (Å²) in [7, 11) is 0. The predicted molar refractivity (Wildman–Crippen MR) is 82.7 cm³/mol. The highest BCUT2D eigenvalue weighted by Gasteiger charge is 2.23. The highest BCUT2D eigenvalue weighted by atomic mass is 16.4. The lowest BCUT2D eigenvalue weighted by Crippen LogP contribution is -2.15. The van der Waals surface area contributed by atoms with E-state index in [9.17, 15) is 9.90 Å². The number of hydrogen-bond donors (Lipinski definition) is 1. The number of benzene rings is 1. The minimum absolute atomic E-state index is 0.0961. The number of aryl methyl sites for hydroxylation is 1. The van der Waals surface area contributed by atoms with Crippen LogP contribution in [0.2, 0.25) is 0 Å². The van der Waals surface area contributed by atoms with Gasteiger partial charge in [0, 0.05) is 17.6 Å². The molecule has 0 unspecified atom stereocenters. The Bertz CT molecular complexity index is 672. The maximum Gasteiger partial charge on any atom is 0.335 e. The molecule has 0 saturated heterocycles. The Morgan fingerprint density at radius 2 is 1.85 bits per heavy atom. The fraction of sp³-hybridized carbons (Fsp3) is 0.471. The highest BCUT2D eigenvalue weighted by molar-refractivity contribution is 5.97. The number of hydrogen-bond acceptors (Lipinski definition) is 1. The van der Waals surface area contributed by atoms with Crippen LogP contribution in [0.1, 0.15) is 62.1 Å².